The number of Topliss-reactive ketones (excluding diaryl/α,β-unsaturated/α-hetero) is 1. The largest absolute Gasteiger partial charge is 0.308 e. The van der Waals surface area contributed by atoms with Crippen LogP contribution in [0.3, 0.4) is 0 Å². The van der Waals surface area contributed by atoms with Crippen molar-refractivity contribution in [3.05, 3.63) is 20.8 Å². The van der Waals surface area contributed by atoms with Crippen molar-refractivity contribution >= 4 is 44.8 Å². The first-order valence-electron chi connectivity index (χ1n) is 8.63. The van der Waals surface area contributed by atoms with E-state index in [9.17, 15) is 9.59 Å². The number of thiophene rings is 1. The number of thioether (sulfide) groups is 1. The quantitative estimate of drug-likeness (QED) is 0.465. The van der Waals surface area contributed by atoms with E-state index in [0.717, 1.165) is 41.5 Å². The van der Waals surface area contributed by atoms with Crippen LogP contribution in [0.1, 0.15) is 37.1 Å². The van der Waals surface area contributed by atoms with Crippen LogP contribution in [-0.2, 0) is 24.2 Å². The molecular formula is C18H20N4O2S2. The minimum absolute atomic E-state index is 0.0253. The average Bonchev–Trinajstić information content (AvgIpc) is 2.98. The molecule has 0 spiro atoms. The Kier molecular flexibility index (Phi) is 5.58. The number of aryl methyl sites for hydroxylation is 2. The second kappa shape index (κ2) is 7.72. The van der Waals surface area contributed by atoms with Gasteiger partial charge in [-0.05, 0) is 45.1 Å². The van der Waals surface area contributed by atoms with E-state index in [1.807, 2.05) is 13.0 Å². The van der Waals surface area contributed by atoms with Gasteiger partial charge in [-0.1, -0.05) is 11.8 Å². The van der Waals surface area contributed by atoms with Gasteiger partial charge in [0, 0.05) is 17.1 Å². The Hall–Kier alpha value is -1.98. The van der Waals surface area contributed by atoms with E-state index in [1.54, 1.807) is 15.9 Å². The summed E-state index contributed by atoms with van der Waals surface area (Å²) in [6, 6.07) is 1.87. The predicted molar refractivity (Wildman–Crippen MR) is 104 cm³/mol. The average molecular weight is 389 g/mol. The van der Waals surface area contributed by atoms with Crippen LogP contribution in [0.15, 0.2) is 9.95 Å². The highest BCUT2D eigenvalue weighted by Gasteiger charge is 2.24. The van der Waals surface area contributed by atoms with Gasteiger partial charge in [-0.3, -0.25) is 14.2 Å². The minimum Gasteiger partial charge on any atom is -0.308 e. The third kappa shape index (κ3) is 3.33. The Bertz CT molecular complexity index is 984. The van der Waals surface area contributed by atoms with Gasteiger partial charge in [0.15, 0.2) is 10.9 Å². The van der Waals surface area contributed by atoms with E-state index >= 15 is 0 Å². The summed E-state index contributed by atoms with van der Waals surface area (Å²) in [6.45, 7) is 3.83. The topological polar surface area (TPSA) is 99.6 Å². The van der Waals surface area contributed by atoms with Crippen LogP contribution in [-0.4, -0.2) is 26.8 Å². The highest BCUT2D eigenvalue weighted by Crippen LogP contribution is 2.34. The molecule has 1 aliphatic carbocycles. The Morgan fingerprint density at radius 2 is 2.19 bits per heavy atom. The fourth-order valence-corrected chi connectivity index (χ4v) is 5.51. The molecule has 1 atom stereocenters. The maximum absolute atomic E-state index is 13.0. The van der Waals surface area contributed by atoms with Gasteiger partial charge < -0.3 is 5.41 Å². The highest BCUT2D eigenvalue weighted by molar-refractivity contribution is 7.99. The normalized spacial score (nSPS) is 14.7. The zero-order valence-corrected chi connectivity index (χ0v) is 16.4. The summed E-state index contributed by atoms with van der Waals surface area (Å²) in [5.41, 5.74) is 1.17. The molecule has 26 heavy (non-hydrogen) atoms. The molecule has 0 saturated heterocycles. The van der Waals surface area contributed by atoms with Gasteiger partial charge in [0.1, 0.15) is 10.7 Å². The minimum atomic E-state index is -1.03. The Morgan fingerprint density at radius 3 is 2.85 bits per heavy atom. The van der Waals surface area contributed by atoms with E-state index in [-0.39, 0.29) is 22.8 Å². The van der Waals surface area contributed by atoms with Crippen molar-refractivity contribution in [3.8, 4) is 6.07 Å². The summed E-state index contributed by atoms with van der Waals surface area (Å²) >= 11 is 2.77. The predicted octanol–water partition coefficient (Wildman–Crippen LogP) is 3.20. The van der Waals surface area contributed by atoms with Gasteiger partial charge in [-0.25, -0.2) is 4.98 Å². The van der Waals surface area contributed by atoms with E-state index in [2.05, 4.69) is 4.98 Å². The summed E-state index contributed by atoms with van der Waals surface area (Å²) < 4.78 is 1.61. The number of hydrogen-bond acceptors (Lipinski definition) is 7. The molecule has 3 rings (SSSR count). The first kappa shape index (κ1) is 18.8. The van der Waals surface area contributed by atoms with Gasteiger partial charge in [-0.2, -0.15) is 5.26 Å². The molecule has 0 aromatic carbocycles. The molecule has 0 unspecified atom stereocenters. The molecule has 1 aliphatic rings. The number of aromatic nitrogens is 2. The summed E-state index contributed by atoms with van der Waals surface area (Å²) in [5.74, 6) is -1.33. The number of nitriles is 1. The number of rotatable bonds is 6. The van der Waals surface area contributed by atoms with E-state index in [0.29, 0.717) is 11.7 Å². The molecule has 0 aliphatic heterocycles. The molecule has 1 N–H and O–H groups in total. The summed E-state index contributed by atoms with van der Waals surface area (Å²) in [6.07, 6.45) is 4.19. The molecule has 8 heteroatoms. The summed E-state index contributed by atoms with van der Waals surface area (Å²) in [4.78, 5) is 31.9. The van der Waals surface area contributed by atoms with Crippen LogP contribution >= 0.6 is 23.1 Å². The highest BCUT2D eigenvalue weighted by atomic mass is 32.2. The maximum Gasteiger partial charge on any atom is 0.263 e. The van der Waals surface area contributed by atoms with E-state index in [1.165, 1.54) is 23.6 Å². The number of carbonyl (C=O) groups excluding carboxylic acids is 1. The number of nitrogens with zero attached hydrogens (tertiary/aromatic N) is 3. The molecule has 0 amide bonds. The summed E-state index contributed by atoms with van der Waals surface area (Å²) in [5, 5.41) is 17.8. The Morgan fingerprint density at radius 1 is 1.46 bits per heavy atom. The first-order valence-corrected chi connectivity index (χ1v) is 10.4. The van der Waals surface area contributed by atoms with Crippen molar-refractivity contribution in [2.24, 2.45) is 5.92 Å². The van der Waals surface area contributed by atoms with E-state index in [4.69, 9.17) is 10.7 Å². The van der Waals surface area contributed by atoms with Gasteiger partial charge in [0.25, 0.3) is 5.56 Å². The monoisotopic (exact) mass is 388 g/mol. The van der Waals surface area contributed by atoms with Crippen LogP contribution in [0.2, 0.25) is 0 Å². The lowest BCUT2D eigenvalue weighted by Gasteiger charge is -2.12. The number of fused-ring (bicyclic) bond motifs is 3. The first-order chi connectivity index (χ1) is 12.5. The molecule has 0 saturated carbocycles. The van der Waals surface area contributed by atoms with Crippen molar-refractivity contribution in [2.45, 2.75) is 51.2 Å². The zero-order valence-electron chi connectivity index (χ0n) is 14.8. The second-order valence-electron chi connectivity index (χ2n) is 6.33. The van der Waals surface area contributed by atoms with Crippen LogP contribution in [0.25, 0.3) is 10.2 Å². The van der Waals surface area contributed by atoms with E-state index < -0.39 is 5.92 Å². The SMILES string of the molecule is CCn1c(SCC(=O)[C@H](C#N)C(C)=N)nc2sc3c(c2c1=O)CCCC3. The smallest absolute Gasteiger partial charge is 0.263 e. The van der Waals surface area contributed by atoms with Gasteiger partial charge >= 0.3 is 0 Å². The number of ketones is 1. The van der Waals surface area contributed by atoms with Crippen molar-refractivity contribution in [3.63, 3.8) is 0 Å². The van der Waals surface area contributed by atoms with Crippen LogP contribution in [0, 0.1) is 22.7 Å². The number of carbonyl (C=O) groups is 1. The maximum atomic E-state index is 13.0. The van der Waals surface area contributed by atoms with Crippen molar-refractivity contribution < 1.29 is 4.79 Å². The molecule has 2 heterocycles. The van der Waals surface area contributed by atoms with Crippen molar-refractivity contribution in [1.82, 2.24) is 9.55 Å². The number of hydrogen-bond donors (Lipinski definition) is 1. The van der Waals surface area contributed by atoms with Crippen LogP contribution in [0.5, 0.6) is 0 Å². The second-order valence-corrected chi connectivity index (χ2v) is 8.36. The molecule has 6 nitrogen and oxygen atoms in total. The molecule has 0 fully saturated rings. The lowest BCUT2D eigenvalue weighted by molar-refractivity contribution is -0.117. The molecule has 136 valence electrons. The van der Waals surface area contributed by atoms with Gasteiger partial charge in [0.2, 0.25) is 0 Å². The molecule has 2 aromatic rings. The lowest BCUT2D eigenvalue weighted by Crippen LogP contribution is -2.25. The lowest BCUT2D eigenvalue weighted by atomic mass is 9.97. The molecule has 2 aromatic heterocycles. The van der Waals surface area contributed by atoms with Crippen molar-refractivity contribution in [1.29, 1.82) is 10.7 Å². The fraction of sp³-hybridized carbons (Fsp3) is 0.500. The fourth-order valence-electron chi connectivity index (χ4n) is 3.24. The van der Waals surface area contributed by atoms with Crippen LogP contribution in [0.4, 0.5) is 0 Å². The van der Waals surface area contributed by atoms with Crippen molar-refractivity contribution in [2.75, 3.05) is 5.75 Å². The molecular weight excluding hydrogens is 368 g/mol. The zero-order chi connectivity index (χ0) is 18.8. The Balaban J connectivity index is 1.96. The summed E-state index contributed by atoms with van der Waals surface area (Å²) in [7, 11) is 0. The third-order valence-corrected chi connectivity index (χ3v) is 6.77. The van der Waals surface area contributed by atoms with Gasteiger partial charge in [-0.15, -0.1) is 11.3 Å². The standard InChI is InChI=1S/C18H20N4O2S2/c1-3-22-17(24)15-11-6-4-5-7-14(11)26-16(15)21-18(22)25-9-13(23)12(8-19)10(2)20/h12,20H,3-7,9H2,1-2H3/t12-/m1/s1. The molecule has 0 radical (unpaired) electrons. The molecule has 0 bridgehead atoms. The van der Waals surface area contributed by atoms with Gasteiger partial charge in [0.05, 0.1) is 17.2 Å². The van der Waals surface area contributed by atoms with Crippen LogP contribution < -0.4 is 5.56 Å². The Labute approximate surface area is 159 Å². The number of nitrogens with one attached hydrogen (secondary N) is 1. The third-order valence-electron chi connectivity index (χ3n) is 4.58.